The molecule has 0 saturated heterocycles. The second-order valence-corrected chi connectivity index (χ2v) is 2.20. The van der Waals surface area contributed by atoms with Crippen molar-refractivity contribution < 1.29 is 5.11 Å². The summed E-state index contributed by atoms with van der Waals surface area (Å²) < 4.78 is 0. The third-order valence-corrected chi connectivity index (χ3v) is 1.71. The fraction of sp³-hybridized carbons (Fsp3) is 1.00. The van der Waals surface area contributed by atoms with Crippen LogP contribution in [0.3, 0.4) is 0 Å². The highest BCUT2D eigenvalue weighted by atomic mass is 32.1. The van der Waals surface area contributed by atoms with E-state index in [0.29, 0.717) is 5.75 Å². The van der Waals surface area contributed by atoms with Crippen molar-refractivity contribution in [3.8, 4) is 0 Å². The summed E-state index contributed by atoms with van der Waals surface area (Å²) in [6.45, 7) is 0. The second kappa shape index (κ2) is 1.14. The first-order valence-corrected chi connectivity index (χ1v) is 2.73. The molecule has 1 N–H and O–H groups in total. The van der Waals surface area contributed by atoms with Crippen molar-refractivity contribution in [2.45, 2.75) is 18.4 Å². The zero-order valence-corrected chi connectivity index (χ0v) is 4.41. The standard InChI is InChI=1S/C4H8OS/c5-4(3-6)1-2-4/h5-6H,1-3H2. The van der Waals surface area contributed by atoms with Gasteiger partial charge in [0, 0.05) is 5.75 Å². The molecular formula is C4H8OS. The van der Waals surface area contributed by atoms with Gasteiger partial charge in [-0.25, -0.2) is 0 Å². The van der Waals surface area contributed by atoms with Gasteiger partial charge in [-0.3, -0.25) is 0 Å². The van der Waals surface area contributed by atoms with Crippen molar-refractivity contribution in [1.29, 1.82) is 0 Å². The summed E-state index contributed by atoms with van der Waals surface area (Å²) in [5.41, 5.74) is -0.344. The lowest BCUT2D eigenvalue weighted by atomic mass is 10.4. The van der Waals surface area contributed by atoms with Crippen molar-refractivity contribution in [3.05, 3.63) is 0 Å². The Labute approximate surface area is 42.8 Å². The minimum absolute atomic E-state index is 0.344. The Morgan fingerprint density at radius 1 is 1.67 bits per heavy atom. The molecule has 1 saturated carbocycles. The number of hydrogen-bond donors (Lipinski definition) is 2. The Hall–Kier alpha value is 0.310. The van der Waals surface area contributed by atoms with Gasteiger partial charge in [-0.2, -0.15) is 12.6 Å². The molecule has 1 aliphatic carbocycles. The van der Waals surface area contributed by atoms with Gasteiger partial charge in [0.25, 0.3) is 0 Å². The predicted octanol–water partition coefficient (Wildman–Crippen LogP) is 0.441. The highest BCUT2D eigenvalue weighted by Gasteiger charge is 2.38. The van der Waals surface area contributed by atoms with Crippen LogP contribution >= 0.6 is 12.6 Å². The molecule has 2 heteroatoms. The van der Waals surface area contributed by atoms with Gasteiger partial charge in [-0.15, -0.1) is 0 Å². The molecule has 1 aliphatic rings. The van der Waals surface area contributed by atoms with E-state index >= 15 is 0 Å². The lowest BCUT2D eigenvalue weighted by molar-refractivity contribution is 0.177. The summed E-state index contributed by atoms with van der Waals surface area (Å²) in [6, 6.07) is 0. The van der Waals surface area contributed by atoms with Crippen LogP contribution in [0.15, 0.2) is 0 Å². The van der Waals surface area contributed by atoms with Gasteiger partial charge in [0.05, 0.1) is 5.60 Å². The monoisotopic (exact) mass is 104 g/mol. The zero-order valence-electron chi connectivity index (χ0n) is 3.52. The van der Waals surface area contributed by atoms with Crippen LogP contribution in [0, 0.1) is 0 Å². The van der Waals surface area contributed by atoms with E-state index in [4.69, 9.17) is 5.11 Å². The van der Waals surface area contributed by atoms with Gasteiger partial charge >= 0.3 is 0 Å². The third-order valence-electron chi connectivity index (χ3n) is 1.12. The summed E-state index contributed by atoms with van der Waals surface area (Å²) in [5, 5.41) is 8.86. The van der Waals surface area contributed by atoms with E-state index in [9.17, 15) is 0 Å². The highest BCUT2D eigenvalue weighted by molar-refractivity contribution is 7.80. The molecule has 6 heavy (non-hydrogen) atoms. The third kappa shape index (κ3) is 0.684. The highest BCUT2D eigenvalue weighted by Crippen LogP contribution is 2.35. The molecule has 0 radical (unpaired) electrons. The molecule has 1 nitrogen and oxygen atoms in total. The fourth-order valence-corrected chi connectivity index (χ4v) is 0.619. The maximum atomic E-state index is 8.86. The van der Waals surface area contributed by atoms with Crippen LogP contribution in [0.25, 0.3) is 0 Å². The molecule has 0 aromatic carbocycles. The van der Waals surface area contributed by atoms with Crippen LogP contribution in [0.5, 0.6) is 0 Å². The van der Waals surface area contributed by atoms with Crippen molar-refractivity contribution in [3.63, 3.8) is 0 Å². The van der Waals surface area contributed by atoms with E-state index in [1.54, 1.807) is 0 Å². The molecule has 1 fully saturated rings. The molecule has 0 unspecified atom stereocenters. The predicted molar refractivity (Wildman–Crippen MR) is 28.0 cm³/mol. The van der Waals surface area contributed by atoms with Gasteiger partial charge < -0.3 is 5.11 Å². The summed E-state index contributed by atoms with van der Waals surface area (Å²) in [7, 11) is 0. The summed E-state index contributed by atoms with van der Waals surface area (Å²) in [6.07, 6.45) is 1.91. The first kappa shape index (κ1) is 4.47. The molecular weight excluding hydrogens is 96.1 g/mol. The Morgan fingerprint density at radius 3 is 2.17 bits per heavy atom. The normalized spacial score (nSPS) is 27.0. The number of hydrogen-bond acceptors (Lipinski definition) is 2. The van der Waals surface area contributed by atoms with Crippen molar-refractivity contribution in [2.75, 3.05) is 5.75 Å². The molecule has 0 spiro atoms. The average molecular weight is 104 g/mol. The lowest BCUT2D eigenvalue weighted by Crippen LogP contribution is -2.06. The molecule has 0 aromatic heterocycles. The van der Waals surface area contributed by atoms with E-state index in [0.717, 1.165) is 12.8 Å². The van der Waals surface area contributed by atoms with Crippen LogP contribution in [0.1, 0.15) is 12.8 Å². The molecule has 36 valence electrons. The van der Waals surface area contributed by atoms with Crippen molar-refractivity contribution >= 4 is 12.6 Å². The van der Waals surface area contributed by atoms with E-state index in [1.807, 2.05) is 0 Å². The molecule has 1 rings (SSSR count). The maximum Gasteiger partial charge on any atom is 0.0737 e. The maximum absolute atomic E-state index is 8.86. The first-order chi connectivity index (χ1) is 2.77. The Morgan fingerprint density at radius 2 is 2.17 bits per heavy atom. The number of thiol groups is 1. The minimum Gasteiger partial charge on any atom is -0.389 e. The fourth-order valence-electron chi connectivity index (χ4n) is 0.302. The van der Waals surface area contributed by atoms with Crippen LogP contribution in [0.4, 0.5) is 0 Å². The summed E-state index contributed by atoms with van der Waals surface area (Å²) in [4.78, 5) is 0. The van der Waals surface area contributed by atoms with Crippen LogP contribution < -0.4 is 0 Å². The first-order valence-electron chi connectivity index (χ1n) is 2.10. The van der Waals surface area contributed by atoms with Crippen molar-refractivity contribution in [1.82, 2.24) is 0 Å². The molecule has 0 aromatic rings. The van der Waals surface area contributed by atoms with E-state index < -0.39 is 0 Å². The number of rotatable bonds is 1. The van der Waals surface area contributed by atoms with Gasteiger partial charge in [-0.1, -0.05) is 0 Å². The average Bonchev–Trinajstić information content (AvgIpc) is 2.22. The van der Waals surface area contributed by atoms with Crippen LogP contribution in [-0.2, 0) is 0 Å². The SMILES string of the molecule is OC1(CS)CC1. The van der Waals surface area contributed by atoms with Crippen LogP contribution in [0.2, 0.25) is 0 Å². The summed E-state index contributed by atoms with van der Waals surface area (Å²) in [5.74, 6) is 0.632. The quantitative estimate of drug-likeness (QED) is 0.462. The van der Waals surface area contributed by atoms with E-state index in [-0.39, 0.29) is 5.60 Å². The Kier molecular flexibility index (Phi) is 0.848. The Bertz CT molecular complexity index is 58.6. The van der Waals surface area contributed by atoms with E-state index in [1.165, 1.54) is 0 Å². The lowest BCUT2D eigenvalue weighted by Gasteiger charge is -1.95. The van der Waals surface area contributed by atoms with Gasteiger partial charge in [0.15, 0.2) is 0 Å². The Balaban J connectivity index is 2.28. The molecule has 0 heterocycles. The number of aliphatic hydroxyl groups is 1. The molecule has 0 bridgehead atoms. The largest absolute Gasteiger partial charge is 0.389 e. The smallest absolute Gasteiger partial charge is 0.0737 e. The molecule has 0 amide bonds. The summed E-state index contributed by atoms with van der Waals surface area (Å²) >= 11 is 3.91. The van der Waals surface area contributed by atoms with Gasteiger partial charge in [0.1, 0.15) is 0 Å². The second-order valence-electron chi connectivity index (χ2n) is 1.88. The van der Waals surface area contributed by atoms with Gasteiger partial charge in [0.2, 0.25) is 0 Å². The van der Waals surface area contributed by atoms with E-state index in [2.05, 4.69) is 12.6 Å². The van der Waals surface area contributed by atoms with Crippen LogP contribution in [-0.4, -0.2) is 16.5 Å². The minimum atomic E-state index is -0.344. The molecule has 0 aliphatic heterocycles. The van der Waals surface area contributed by atoms with Crippen molar-refractivity contribution in [2.24, 2.45) is 0 Å². The van der Waals surface area contributed by atoms with Gasteiger partial charge in [-0.05, 0) is 12.8 Å². The topological polar surface area (TPSA) is 20.2 Å². The molecule has 0 atom stereocenters. The zero-order chi connectivity index (χ0) is 4.62.